The van der Waals surface area contributed by atoms with Crippen molar-refractivity contribution in [3.05, 3.63) is 29.6 Å². The molecule has 0 aromatic heterocycles. The number of hydrogen-bond acceptors (Lipinski definition) is 3. The molecule has 0 aliphatic heterocycles. The number of benzene rings is 1. The Kier molecular flexibility index (Phi) is 6.51. The van der Waals surface area contributed by atoms with Gasteiger partial charge in [-0.05, 0) is 57.7 Å². The molecule has 1 fully saturated rings. The van der Waals surface area contributed by atoms with Gasteiger partial charge in [0.1, 0.15) is 5.82 Å². The number of alkyl halides is 3. The molecule has 0 spiro atoms. The third-order valence-electron chi connectivity index (χ3n) is 4.59. The second-order valence-electron chi connectivity index (χ2n) is 6.94. The summed E-state index contributed by atoms with van der Waals surface area (Å²) < 4.78 is 77.9. The summed E-state index contributed by atoms with van der Waals surface area (Å²) in [5, 5.41) is 1.83. The number of carbonyl (C=O) groups excluding carboxylic acids is 1. The fraction of sp³-hybridized carbons (Fsp3) is 0.588. The molecule has 152 valence electrons. The van der Waals surface area contributed by atoms with Crippen molar-refractivity contribution in [2.24, 2.45) is 5.92 Å². The van der Waals surface area contributed by atoms with E-state index in [4.69, 9.17) is 0 Å². The third-order valence-corrected chi connectivity index (χ3v) is 6.49. The molecule has 27 heavy (non-hydrogen) atoms. The minimum Gasteiger partial charge on any atom is -0.326 e. The topological polar surface area (TPSA) is 75.3 Å². The average molecular weight is 410 g/mol. The molecule has 1 aliphatic carbocycles. The number of carbonyl (C=O) groups is 1. The van der Waals surface area contributed by atoms with Gasteiger partial charge in [-0.25, -0.2) is 17.5 Å². The Hall–Kier alpha value is -1.68. The van der Waals surface area contributed by atoms with Gasteiger partial charge in [0.15, 0.2) is 0 Å². The van der Waals surface area contributed by atoms with Crippen LogP contribution in [0.3, 0.4) is 0 Å². The summed E-state index contributed by atoms with van der Waals surface area (Å²) in [6.07, 6.45) is -3.12. The summed E-state index contributed by atoms with van der Waals surface area (Å²) in [6.45, 7) is 3.14. The molecule has 0 unspecified atom stereocenters. The molecule has 2 rings (SSSR count). The first-order chi connectivity index (χ1) is 12.4. The Morgan fingerprint density at radius 3 is 2.26 bits per heavy atom. The van der Waals surface area contributed by atoms with E-state index in [1.807, 2.05) is 0 Å². The molecule has 1 aromatic carbocycles. The van der Waals surface area contributed by atoms with Gasteiger partial charge in [-0.2, -0.15) is 13.2 Å². The van der Waals surface area contributed by atoms with Crippen LogP contribution >= 0.6 is 0 Å². The van der Waals surface area contributed by atoms with Crippen molar-refractivity contribution in [3.8, 4) is 0 Å². The zero-order chi connectivity index (χ0) is 20.4. The minimum atomic E-state index is -4.85. The van der Waals surface area contributed by atoms with Gasteiger partial charge in [0.05, 0.1) is 10.8 Å². The molecule has 1 saturated carbocycles. The molecule has 1 aliphatic rings. The van der Waals surface area contributed by atoms with Crippen molar-refractivity contribution in [3.63, 3.8) is 0 Å². The van der Waals surface area contributed by atoms with Crippen LogP contribution in [0.1, 0.15) is 45.1 Å². The number of nitrogens with one attached hydrogen (secondary N) is 2. The molecule has 10 heteroatoms. The summed E-state index contributed by atoms with van der Waals surface area (Å²) >= 11 is 0. The zero-order valence-electron chi connectivity index (χ0n) is 14.9. The van der Waals surface area contributed by atoms with E-state index in [1.54, 1.807) is 13.8 Å². The molecule has 1 amide bonds. The van der Waals surface area contributed by atoms with E-state index < -0.39 is 44.7 Å². The number of rotatable bonds is 5. The standard InChI is InChI=1S/C17H22F4N2O3S/c1-10(2)27(25,26)23-12-5-3-11(4-6-12)16(24)22-13-7-8-15(18)14(9-13)17(19,20)21/h7-12,23H,3-6H2,1-2H3,(H,22,24)/t11-,12-. The smallest absolute Gasteiger partial charge is 0.326 e. The predicted molar refractivity (Wildman–Crippen MR) is 93.0 cm³/mol. The first-order valence-electron chi connectivity index (χ1n) is 8.59. The average Bonchev–Trinajstić information content (AvgIpc) is 2.55. The quantitative estimate of drug-likeness (QED) is 0.728. The summed E-state index contributed by atoms with van der Waals surface area (Å²) in [5.41, 5.74) is -1.57. The first-order valence-corrected chi connectivity index (χ1v) is 10.1. The molecular formula is C17H22F4N2O3S. The van der Waals surface area contributed by atoms with Crippen molar-refractivity contribution in [2.45, 2.75) is 57.0 Å². The van der Waals surface area contributed by atoms with Crippen molar-refractivity contribution in [1.29, 1.82) is 0 Å². The zero-order valence-corrected chi connectivity index (χ0v) is 15.8. The molecular weight excluding hydrogens is 388 g/mol. The maximum Gasteiger partial charge on any atom is 0.419 e. The number of anilines is 1. The number of amides is 1. The van der Waals surface area contributed by atoms with E-state index >= 15 is 0 Å². The van der Waals surface area contributed by atoms with Crippen molar-refractivity contribution >= 4 is 21.6 Å². The molecule has 0 radical (unpaired) electrons. The summed E-state index contributed by atoms with van der Waals surface area (Å²) in [7, 11) is -3.40. The van der Waals surface area contributed by atoms with Crippen LogP contribution in [0.25, 0.3) is 0 Å². The highest BCUT2D eigenvalue weighted by Crippen LogP contribution is 2.33. The molecule has 2 N–H and O–H groups in total. The Balaban J connectivity index is 1.95. The molecule has 0 saturated heterocycles. The highest BCUT2D eigenvalue weighted by Gasteiger charge is 2.35. The number of hydrogen-bond donors (Lipinski definition) is 2. The van der Waals surface area contributed by atoms with E-state index in [1.165, 1.54) is 0 Å². The van der Waals surface area contributed by atoms with Gasteiger partial charge in [-0.3, -0.25) is 4.79 Å². The van der Waals surface area contributed by atoms with Crippen LogP contribution in [0.15, 0.2) is 18.2 Å². The lowest BCUT2D eigenvalue weighted by Gasteiger charge is -2.28. The maximum atomic E-state index is 13.3. The highest BCUT2D eigenvalue weighted by molar-refractivity contribution is 7.90. The van der Waals surface area contributed by atoms with E-state index in [0.717, 1.165) is 6.07 Å². The summed E-state index contributed by atoms with van der Waals surface area (Å²) in [5.74, 6) is -2.30. The van der Waals surface area contributed by atoms with E-state index in [0.29, 0.717) is 37.8 Å². The SMILES string of the molecule is CC(C)S(=O)(=O)N[C@H]1CC[C@H](C(=O)Nc2ccc(F)c(C(F)(F)F)c2)CC1. The second kappa shape index (κ2) is 8.14. The first kappa shape index (κ1) is 21.6. The largest absolute Gasteiger partial charge is 0.419 e. The van der Waals surface area contributed by atoms with E-state index in [9.17, 15) is 30.8 Å². The summed E-state index contributed by atoms with van der Waals surface area (Å²) in [6, 6.07) is 2.04. The fourth-order valence-corrected chi connectivity index (χ4v) is 3.88. The Morgan fingerprint density at radius 1 is 1.15 bits per heavy atom. The molecule has 0 heterocycles. The predicted octanol–water partition coefficient (Wildman–Crippen LogP) is 3.67. The van der Waals surface area contributed by atoms with Gasteiger partial charge in [0.25, 0.3) is 0 Å². The monoisotopic (exact) mass is 410 g/mol. The van der Waals surface area contributed by atoms with Crippen LogP contribution in [0.2, 0.25) is 0 Å². The lowest BCUT2D eigenvalue weighted by Crippen LogP contribution is -2.42. The van der Waals surface area contributed by atoms with E-state index in [2.05, 4.69) is 10.0 Å². The molecule has 1 aromatic rings. The summed E-state index contributed by atoms with van der Waals surface area (Å²) in [4.78, 5) is 12.3. The van der Waals surface area contributed by atoms with Crippen LogP contribution in [-0.4, -0.2) is 25.6 Å². The molecule has 0 bridgehead atoms. The van der Waals surface area contributed by atoms with Crippen molar-refractivity contribution < 1.29 is 30.8 Å². The van der Waals surface area contributed by atoms with Gasteiger partial charge in [0.2, 0.25) is 15.9 Å². The van der Waals surface area contributed by atoms with E-state index in [-0.39, 0.29) is 11.7 Å². The second-order valence-corrected chi connectivity index (χ2v) is 9.21. The van der Waals surface area contributed by atoms with Gasteiger partial charge in [0, 0.05) is 17.6 Å². The van der Waals surface area contributed by atoms with Gasteiger partial charge < -0.3 is 5.32 Å². The van der Waals surface area contributed by atoms with Crippen molar-refractivity contribution in [1.82, 2.24) is 4.72 Å². The Morgan fingerprint density at radius 2 is 1.74 bits per heavy atom. The van der Waals surface area contributed by atoms with Crippen LogP contribution in [0.4, 0.5) is 23.2 Å². The van der Waals surface area contributed by atoms with Gasteiger partial charge >= 0.3 is 6.18 Å². The third kappa shape index (κ3) is 5.65. The van der Waals surface area contributed by atoms with Gasteiger partial charge in [-0.15, -0.1) is 0 Å². The van der Waals surface area contributed by atoms with Crippen LogP contribution in [0.5, 0.6) is 0 Å². The van der Waals surface area contributed by atoms with Crippen molar-refractivity contribution in [2.75, 3.05) is 5.32 Å². The van der Waals surface area contributed by atoms with Crippen LogP contribution in [-0.2, 0) is 21.0 Å². The fourth-order valence-electron chi connectivity index (χ4n) is 2.91. The molecule has 0 atom stereocenters. The number of halogens is 4. The lowest BCUT2D eigenvalue weighted by molar-refractivity contribution is -0.140. The minimum absolute atomic E-state index is 0.128. The molecule has 5 nitrogen and oxygen atoms in total. The van der Waals surface area contributed by atoms with Crippen LogP contribution in [0, 0.1) is 11.7 Å². The lowest BCUT2D eigenvalue weighted by atomic mass is 9.86. The maximum absolute atomic E-state index is 13.3. The Bertz CT molecular complexity index is 786. The highest BCUT2D eigenvalue weighted by atomic mass is 32.2. The Labute approximate surface area is 155 Å². The van der Waals surface area contributed by atoms with Crippen LogP contribution < -0.4 is 10.0 Å². The van der Waals surface area contributed by atoms with Gasteiger partial charge in [-0.1, -0.05) is 0 Å². The normalized spacial score (nSPS) is 21.3. The number of sulfonamides is 1.